The first-order chi connectivity index (χ1) is 7.54. The highest BCUT2D eigenvalue weighted by atomic mass is 16.5. The Morgan fingerprint density at radius 3 is 2.81 bits per heavy atom. The molecule has 5 nitrogen and oxygen atoms in total. The van der Waals surface area contributed by atoms with Crippen LogP contribution in [-0.2, 0) is 11.3 Å². The topological polar surface area (TPSA) is 62.9 Å². The van der Waals surface area contributed by atoms with Gasteiger partial charge in [0.1, 0.15) is 5.76 Å². The summed E-state index contributed by atoms with van der Waals surface area (Å²) in [5, 5.41) is 8.77. The number of hydrogen-bond donors (Lipinski definition) is 1. The second-order valence-corrected chi connectivity index (χ2v) is 3.73. The molecule has 1 aromatic heterocycles. The van der Waals surface area contributed by atoms with Crippen molar-refractivity contribution in [1.82, 2.24) is 4.90 Å². The zero-order valence-electron chi connectivity index (χ0n) is 9.82. The van der Waals surface area contributed by atoms with Crippen molar-refractivity contribution in [2.75, 3.05) is 27.3 Å². The Morgan fingerprint density at radius 2 is 2.31 bits per heavy atom. The van der Waals surface area contributed by atoms with Gasteiger partial charge in [0.2, 0.25) is 5.76 Å². The molecule has 1 N–H and O–H groups in total. The van der Waals surface area contributed by atoms with Gasteiger partial charge in [-0.3, -0.25) is 4.90 Å². The minimum atomic E-state index is -1.03. The van der Waals surface area contributed by atoms with Crippen LogP contribution in [0, 0.1) is 6.92 Å². The summed E-state index contributed by atoms with van der Waals surface area (Å²) in [6.07, 6.45) is 0. The maximum absolute atomic E-state index is 10.7. The van der Waals surface area contributed by atoms with Crippen LogP contribution in [0.2, 0.25) is 0 Å². The Labute approximate surface area is 94.6 Å². The van der Waals surface area contributed by atoms with Gasteiger partial charge in [-0.1, -0.05) is 0 Å². The monoisotopic (exact) mass is 227 g/mol. The van der Waals surface area contributed by atoms with Gasteiger partial charge in [0.25, 0.3) is 0 Å². The van der Waals surface area contributed by atoms with Gasteiger partial charge in [-0.25, -0.2) is 4.79 Å². The maximum atomic E-state index is 10.7. The lowest BCUT2D eigenvalue weighted by Gasteiger charge is -2.14. The molecule has 0 aromatic carbocycles. The van der Waals surface area contributed by atoms with Gasteiger partial charge >= 0.3 is 5.97 Å². The Bertz CT molecular complexity index is 359. The van der Waals surface area contributed by atoms with Crippen LogP contribution in [0.15, 0.2) is 10.5 Å². The minimum absolute atomic E-state index is 0.00681. The highest BCUT2D eigenvalue weighted by Gasteiger charge is 2.13. The Morgan fingerprint density at radius 1 is 1.62 bits per heavy atom. The van der Waals surface area contributed by atoms with E-state index < -0.39 is 5.97 Å². The Balaban J connectivity index is 2.62. The molecule has 0 unspecified atom stereocenters. The van der Waals surface area contributed by atoms with Crippen LogP contribution in [0.5, 0.6) is 0 Å². The maximum Gasteiger partial charge on any atom is 0.371 e. The molecule has 0 atom stereocenters. The molecule has 0 saturated carbocycles. The number of furan rings is 1. The number of carboxylic acids is 1. The van der Waals surface area contributed by atoms with Crippen LogP contribution in [0.3, 0.4) is 0 Å². The average Bonchev–Trinajstić information content (AvgIpc) is 2.57. The Kier molecular flexibility index (Phi) is 4.52. The summed E-state index contributed by atoms with van der Waals surface area (Å²) in [6, 6.07) is 1.57. The summed E-state index contributed by atoms with van der Waals surface area (Å²) >= 11 is 0. The fraction of sp³-hybridized carbons (Fsp3) is 0.545. The summed E-state index contributed by atoms with van der Waals surface area (Å²) in [5.74, 6) is -0.386. The number of aryl methyl sites for hydroxylation is 1. The summed E-state index contributed by atoms with van der Waals surface area (Å²) in [7, 11) is 3.60. The fourth-order valence-corrected chi connectivity index (χ4v) is 1.40. The first kappa shape index (κ1) is 12.7. The van der Waals surface area contributed by atoms with Crippen molar-refractivity contribution >= 4 is 5.97 Å². The summed E-state index contributed by atoms with van der Waals surface area (Å²) in [4.78, 5) is 12.7. The molecular formula is C11H17NO4. The van der Waals surface area contributed by atoms with Crippen LogP contribution >= 0.6 is 0 Å². The molecular weight excluding hydrogens is 210 g/mol. The van der Waals surface area contributed by atoms with E-state index in [2.05, 4.69) is 0 Å². The van der Waals surface area contributed by atoms with Gasteiger partial charge in [-0.15, -0.1) is 0 Å². The molecule has 1 rings (SSSR count). The molecule has 0 amide bonds. The second-order valence-electron chi connectivity index (χ2n) is 3.73. The van der Waals surface area contributed by atoms with E-state index in [1.807, 2.05) is 11.9 Å². The summed E-state index contributed by atoms with van der Waals surface area (Å²) < 4.78 is 10.1. The minimum Gasteiger partial charge on any atom is -0.475 e. The lowest BCUT2D eigenvalue weighted by atomic mass is 10.2. The molecule has 0 bridgehead atoms. The largest absolute Gasteiger partial charge is 0.475 e. The van der Waals surface area contributed by atoms with E-state index in [0.717, 1.165) is 12.1 Å². The molecule has 90 valence electrons. The van der Waals surface area contributed by atoms with Crippen molar-refractivity contribution in [3.05, 3.63) is 23.2 Å². The van der Waals surface area contributed by atoms with Gasteiger partial charge < -0.3 is 14.3 Å². The Hall–Kier alpha value is -1.33. The van der Waals surface area contributed by atoms with Crippen molar-refractivity contribution in [3.8, 4) is 0 Å². The summed E-state index contributed by atoms with van der Waals surface area (Å²) in [6.45, 7) is 3.88. The van der Waals surface area contributed by atoms with Crippen molar-refractivity contribution in [1.29, 1.82) is 0 Å². The average molecular weight is 227 g/mol. The molecule has 5 heteroatoms. The molecule has 0 radical (unpaired) electrons. The smallest absolute Gasteiger partial charge is 0.371 e. The molecule has 0 spiro atoms. The number of aromatic carboxylic acids is 1. The van der Waals surface area contributed by atoms with Gasteiger partial charge in [-0.2, -0.15) is 0 Å². The standard InChI is InChI=1S/C11H17NO4/c1-8-9(6-10(16-8)11(13)14)7-12(2)4-5-15-3/h6H,4-5,7H2,1-3H3,(H,13,14). The van der Waals surface area contributed by atoms with Gasteiger partial charge in [0.05, 0.1) is 6.61 Å². The van der Waals surface area contributed by atoms with Gasteiger partial charge in [-0.05, 0) is 20.0 Å². The zero-order valence-corrected chi connectivity index (χ0v) is 9.82. The van der Waals surface area contributed by atoms with E-state index in [0.29, 0.717) is 18.9 Å². The lowest BCUT2D eigenvalue weighted by molar-refractivity contribution is 0.0661. The van der Waals surface area contributed by atoms with E-state index >= 15 is 0 Å². The highest BCUT2D eigenvalue weighted by molar-refractivity contribution is 5.84. The third-order valence-corrected chi connectivity index (χ3v) is 2.35. The van der Waals surface area contributed by atoms with E-state index in [1.54, 1.807) is 20.1 Å². The molecule has 0 aliphatic heterocycles. The van der Waals surface area contributed by atoms with Crippen molar-refractivity contribution in [2.24, 2.45) is 0 Å². The third kappa shape index (κ3) is 3.36. The van der Waals surface area contributed by atoms with Crippen LogP contribution in [-0.4, -0.2) is 43.3 Å². The molecule has 0 aliphatic carbocycles. The number of ether oxygens (including phenoxy) is 1. The fourth-order valence-electron chi connectivity index (χ4n) is 1.40. The highest BCUT2D eigenvalue weighted by Crippen LogP contribution is 2.16. The first-order valence-corrected chi connectivity index (χ1v) is 5.04. The SMILES string of the molecule is COCCN(C)Cc1cc(C(=O)O)oc1C. The van der Waals surface area contributed by atoms with E-state index in [9.17, 15) is 4.79 Å². The number of rotatable bonds is 6. The van der Waals surface area contributed by atoms with Crippen LogP contribution in [0.4, 0.5) is 0 Å². The van der Waals surface area contributed by atoms with Crippen molar-refractivity contribution < 1.29 is 19.1 Å². The van der Waals surface area contributed by atoms with Crippen LogP contribution in [0.1, 0.15) is 21.9 Å². The molecule has 16 heavy (non-hydrogen) atoms. The molecule has 0 aliphatic rings. The normalized spacial score (nSPS) is 11.0. The van der Waals surface area contributed by atoms with Crippen LogP contribution < -0.4 is 0 Å². The number of carbonyl (C=O) groups is 1. The molecule has 0 saturated heterocycles. The number of methoxy groups -OCH3 is 1. The quantitative estimate of drug-likeness (QED) is 0.795. The second kappa shape index (κ2) is 5.67. The van der Waals surface area contributed by atoms with Gasteiger partial charge in [0, 0.05) is 25.8 Å². The number of likely N-dealkylation sites (N-methyl/N-ethyl adjacent to an activating group) is 1. The van der Waals surface area contributed by atoms with E-state index in [-0.39, 0.29) is 5.76 Å². The van der Waals surface area contributed by atoms with E-state index in [4.69, 9.17) is 14.3 Å². The first-order valence-electron chi connectivity index (χ1n) is 5.04. The summed E-state index contributed by atoms with van der Waals surface area (Å²) in [5.41, 5.74) is 0.899. The lowest BCUT2D eigenvalue weighted by Crippen LogP contribution is -2.22. The predicted molar refractivity (Wildman–Crippen MR) is 58.6 cm³/mol. The number of hydrogen-bond acceptors (Lipinski definition) is 4. The molecule has 0 fully saturated rings. The predicted octanol–water partition coefficient (Wildman–Crippen LogP) is 1.36. The van der Waals surface area contributed by atoms with Crippen molar-refractivity contribution in [3.63, 3.8) is 0 Å². The zero-order chi connectivity index (χ0) is 12.1. The van der Waals surface area contributed by atoms with E-state index in [1.165, 1.54) is 0 Å². The van der Waals surface area contributed by atoms with Crippen LogP contribution in [0.25, 0.3) is 0 Å². The number of nitrogens with zero attached hydrogens (tertiary/aromatic N) is 1. The van der Waals surface area contributed by atoms with Crippen molar-refractivity contribution in [2.45, 2.75) is 13.5 Å². The van der Waals surface area contributed by atoms with Gasteiger partial charge in [0.15, 0.2) is 0 Å². The number of carboxylic acid groups (broad SMARTS) is 1. The molecule has 1 heterocycles. The third-order valence-electron chi connectivity index (χ3n) is 2.35. The molecule has 1 aromatic rings.